The Bertz CT molecular complexity index is 7780. The van der Waals surface area contributed by atoms with Gasteiger partial charge in [0.1, 0.15) is 0 Å². The number of rotatable bonds is 16. The van der Waals surface area contributed by atoms with E-state index in [0.29, 0.717) is 23.3 Å². The molecule has 0 fully saturated rings. The minimum absolute atomic E-state index is 0.695. The second kappa shape index (κ2) is 33.6. The maximum absolute atomic E-state index is 5.22. The summed E-state index contributed by atoms with van der Waals surface area (Å²) in [7, 11) is 0. The molecule has 0 atom stereocenters. The van der Waals surface area contributed by atoms with Crippen LogP contribution in [-0.2, 0) is 0 Å². The molecule has 17 aromatic carbocycles. The molecular weight excluding hydrogens is 1570 g/mol. The lowest BCUT2D eigenvalue weighted by molar-refractivity contribution is 1.18. The third-order valence-corrected chi connectivity index (χ3v) is 25.7. The van der Waals surface area contributed by atoms with Crippen molar-refractivity contribution in [3.63, 3.8) is 0 Å². The fraction of sp³-hybridized carbons (Fsp3) is 0. The van der Waals surface area contributed by atoms with Gasteiger partial charge in [-0.25, -0.2) is 39.9 Å². The van der Waals surface area contributed by atoms with Gasteiger partial charge in [0.2, 0.25) is 0 Å². The van der Waals surface area contributed by atoms with Crippen LogP contribution in [0.5, 0.6) is 0 Å². The third kappa shape index (κ3) is 15.1. The van der Waals surface area contributed by atoms with E-state index in [0.717, 1.165) is 135 Å². The first-order valence-electron chi connectivity index (χ1n) is 42.2. The molecule has 0 saturated carbocycles. The van der Waals surface area contributed by atoms with E-state index in [2.05, 4.69) is 346 Å². The Balaban J connectivity index is 0.000000149. The van der Waals surface area contributed by atoms with Crippen LogP contribution in [0.15, 0.2) is 449 Å². The van der Waals surface area contributed by atoms with Gasteiger partial charge in [0.05, 0.1) is 45.6 Å². The summed E-state index contributed by atoms with van der Waals surface area (Å²) in [5.74, 6) is 2.81. The van der Waals surface area contributed by atoms with Crippen molar-refractivity contribution in [3.8, 4) is 180 Å². The van der Waals surface area contributed by atoms with Gasteiger partial charge in [0.25, 0.3) is 0 Å². The normalized spacial score (nSPS) is 11.3. The van der Waals surface area contributed by atoms with Crippen molar-refractivity contribution < 1.29 is 0 Å². The van der Waals surface area contributed by atoms with Crippen LogP contribution in [0.4, 0.5) is 0 Å². The molecule has 23 aromatic rings. The van der Waals surface area contributed by atoms with Gasteiger partial charge in [-0.1, -0.05) is 406 Å². The van der Waals surface area contributed by atoms with E-state index in [1.54, 1.807) is 0 Å². The Morgan fingerprint density at radius 2 is 0.389 bits per heavy atom. The van der Waals surface area contributed by atoms with Crippen molar-refractivity contribution in [1.29, 1.82) is 0 Å². The minimum Gasteiger partial charge on any atom is -0.228 e. The quantitative estimate of drug-likeness (QED) is 0.0943. The molecule has 0 aliphatic heterocycles. The van der Waals surface area contributed by atoms with Gasteiger partial charge in [0, 0.05) is 107 Å². The zero-order valence-corrected chi connectivity index (χ0v) is 69.8. The Morgan fingerprint density at radius 1 is 0.143 bits per heavy atom. The number of fused-ring (bicyclic) bond motifs is 7. The van der Waals surface area contributed by atoms with Gasteiger partial charge in [0.15, 0.2) is 23.3 Å². The predicted octanol–water partition coefficient (Wildman–Crippen LogP) is 31.1. The fourth-order valence-corrected chi connectivity index (χ4v) is 19.5. The summed E-state index contributed by atoms with van der Waals surface area (Å²) in [5.41, 5.74) is 28.9. The zero-order valence-electron chi connectivity index (χ0n) is 68.1. The first-order chi connectivity index (χ1) is 62.4. The molecule has 6 heterocycles. The van der Waals surface area contributed by atoms with Crippen molar-refractivity contribution in [2.45, 2.75) is 0 Å². The molecule has 0 bridgehead atoms. The molecule has 23 rings (SSSR count). The van der Waals surface area contributed by atoms with E-state index < -0.39 is 0 Å². The topological polar surface area (TPSA) is 103 Å². The standard InChI is InChI=1S/C60H38N4S.C56H36N4S/c1-4-16-42(17-5-1)52-37-53(43-18-6-2-7-19-43)62-59(61-52)45-31-27-40(28-32-45)48-35-36-49(58-57(48)51-24-12-13-26-56(51)65-58)41-29-33-46(34-30-41)60-63-54(44-20-8-3-9-21-44)38-55(64-60)50-25-14-22-39-15-10-11-23-47(39)50;1-5-16-38(17-6-1)48-35-50(59-55(57-48)41-20-9-3-10-21-41)40-30-28-37(29-31-40)45-32-33-46(54-53(45)47-26-13-14-27-52(47)61-54)43-24-15-25-44(34-43)51-36-49(39-18-7-2-8-19-39)58-56(60-51)42-22-11-4-12-23-42/h1-38H;1-36H. The lowest BCUT2D eigenvalue weighted by Gasteiger charge is -2.13. The summed E-state index contributed by atoms with van der Waals surface area (Å²) in [6.45, 7) is 0. The molecule has 0 N–H and O–H groups in total. The smallest absolute Gasteiger partial charge is 0.160 e. The number of nitrogens with zero attached hydrogens (tertiary/aromatic N) is 8. The monoisotopic (exact) mass is 1640 g/mol. The average Bonchev–Trinajstić information content (AvgIpc) is 1.58. The molecule has 0 saturated heterocycles. The Labute approximate surface area is 737 Å². The number of benzene rings is 17. The Hall–Kier alpha value is -16.2. The zero-order chi connectivity index (χ0) is 83.6. The van der Waals surface area contributed by atoms with Gasteiger partial charge in [-0.2, -0.15) is 0 Å². The van der Waals surface area contributed by atoms with E-state index >= 15 is 0 Å². The lowest BCUT2D eigenvalue weighted by atomic mass is 9.93. The van der Waals surface area contributed by atoms with E-state index in [1.165, 1.54) is 73.4 Å². The summed E-state index contributed by atoms with van der Waals surface area (Å²) in [6, 6.07) is 157. The highest BCUT2D eigenvalue weighted by Crippen LogP contribution is 2.49. The molecule has 6 aromatic heterocycles. The second-order valence-corrected chi connectivity index (χ2v) is 33.3. The van der Waals surface area contributed by atoms with Gasteiger partial charge < -0.3 is 0 Å². The summed E-state index contributed by atoms with van der Waals surface area (Å²) < 4.78 is 5.04. The average molecular weight is 1640 g/mol. The van der Waals surface area contributed by atoms with Crippen molar-refractivity contribution in [1.82, 2.24) is 39.9 Å². The number of thiophene rings is 2. The van der Waals surface area contributed by atoms with E-state index in [-0.39, 0.29) is 0 Å². The van der Waals surface area contributed by atoms with Crippen molar-refractivity contribution in [3.05, 3.63) is 449 Å². The molecule has 0 amide bonds. The van der Waals surface area contributed by atoms with Crippen molar-refractivity contribution >= 4 is 73.8 Å². The van der Waals surface area contributed by atoms with Crippen LogP contribution in [0.3, 0.4) is 0 Å². The lowest BCUT2D eigenvalue weighted by Crippen LogP contribution is -1.96. The van der Waals surface area contributed by atoms with E-state index in [1.807, 2.05) is 126 Å². The largest absolute Gasteiger partial charge is 0.228 e. The molecule has 10 heteroatoms. The number of hydrogen-bond acceptors (Lipinski definition) is 10. The van der Waals surface area contributed by atoms with E-state index in [4.69, 9.17) is 39.9 Å². The number of hydrogen-bond donors (Lipinski definition) is 0. The van der Waals surface area contributed by atoms with Crippen LogP contribution in [0.1, 0.15) is 0 Å². The Kier molecular flexibility index (Phi) is 20.3. The second-order valence-electron chi connectivity index (χ2n) is 31.2. The van der Waals surface area contributed by atoms with Gasteiger partial charge in [-0.3, -0.25) is 0 Å². The molecule has 0 radical (unpaired) electrons. The molecule has 0 aliphatic rings. The SMILES string of the molecule is c1ccc(-c2cc(-c3ccc(-c4ccc(-c5cccc(-c6cc(-c7ccccc7)nc(-c7ccccc7)n6)c5)c5sc6ccccc6c45)cc3)nc(-c3ccccc3)n2)cc1.c1ccc(-c2cc(-c3ccccc3)nc(-c3ccc(-c4ccc(-c5ccc(-c6nc(-c7ccccc7)cc(-c7cccc8ccccc78)n6)cc5)c5sc6ccccc6c45)cc3)n2)cc1. The Morgan fingerprint density at radius 3 is 0.786 bits per heavy atom. The predicted molar refractivity (Wildman–Crippen MR) is 526 cm³/mol. The minimum atomic E-state index is 0.695. The van der Waals surface area contributed by atoms with E-state index in [9.17, 15) is 0 Å². The highest BCUT2D eigenvalue weighted by atomic mass is 32.1. The molecule has 126 heavy (non-hydrogen) atoms. The molecule has 0 spiro atoms. The highest BCUT2D eigenvalue weighted by Gasteiger charge is 2.23. The first-order valence-corrected chi connectivity index (χ1v) is 43.8. The maximum atomic E-state index is 5.22. The third-order valence-electron chi connectivity index (χ3n) is 23.3. The highest BCUT2D eigenvalue weighted by molar-refractivity contribution is 7.27. The molecule has 0 aliphatic carbocycles. The van der Waals surface area contributed by atoms with Crippen LogP contribution < -0.4 is 0 Å². The van der Waals surface area contributed by atoms with Gasteiger partial charge in [-0.05, 0) is 97.7 Å². The maximum Gasteiger partial charge on any atom is 0.160 e. The van der Waals surface area contributed by atoms with Crippen molar-refractivity contribution in [2.24, 2.45) is 0 Å². The summed E-state index contributed by atoms with van der Waals surface area (Å²) in [4.78, 5) is 40.8. The number of aromatic nitrogens is 8. The summed E-state index contributed by atoms with van der Waals surface area (Å²) >= 11 is 3.70. The fourth-order valence-electron chi connectivity index (χ4n) is 17.0. The van der Waals surface area contributed by atoms with Crippen LogP contribution in [0.25, 0.3) is 231 Å². The molecule has 0 unspecified atom stereocenters. The molecule has 8 nitrogen and oxygen atoms in total. The van der Waals surface area contributed by atoms with Crippen LogP contribution in [0, 0.1) is 0 Å². The molecule has 590 valence electrons. The van der Waals surface area contributed by atoms with Crippen LogP contribution >= 0.6 is 22.7 Å². The molecular formula is C116H74N8S2. The summed E-state index contributed by atoms with van der Waals surface area (Å²) in [6.07, 6.45) is 0. The van der Waals surface area contributed by atoms with Gasteiger partial charge in [-0.15, -0.1) is 22.7 Å². The van der Waals surface area contributed by atoms with Gasteiger partial charge >= 0.3 is 0 Å². The van der Waals surface area contributed by atoms with Crippen LogP contribution in [0.2, 0.25) is 0 Å². The first kappa shape index (κ1) is 75.9. The van der Waals surface area contributed by atoms with Crippen LogP contribution in [-0.4, -0.2) is 39.9 Å². The van der Waals surface area contributed by atoms with Crippen molar-refractivity contribution in [2.75, 3.05) is 0 Å². The summed E-state index contributed by atoms with van der Waals surface area (Å²) in [5, 5.41) is 7.38.